The van der Waals surface area contributed by atoms with E-state index in [0.29, 0.717) is 17.9 Å². The summed E-state index contributed by atoms with van der Waals surface area (Å²) in [5.41, 5.74) is 0.439. The van der Waals surface area contributed by atoms with Crippen LogP contribution in [0.4, 0.5) is 0 Å². The topological polar surface area (TPSA) is 103 Å². The van der Waals surface area contributed by atoms with Gasteiger partial charge in [0.05, 0.1) is 11.5 Å². The van der Waals surface area contributed by atoms with Gasteiger partial charge in [-0.15, -0.1) is 0 Å². The second kappa shape index (κ2) is 8.75. The van der Waals surface area contributed by atoms with E-state index in [0.717, 1.165) is 5.75 Å². The number of ether oxygens (including phenoxy) is 3. The lowest BCUT2D eigenvalue weighted by molar-refractivity contribution is -0.142. The summed E-state index contributed by atoms with van der Waals surface area (Å²) in [5.74, 6) is 0.950. The normalized spacial score (nSPS) is 15.5. The molecular formula is C19H20N2O6S. The van der Waals surface area contributed by atoms with Crippen molar-refractivity contribution in [3.05, 3.63) is 54.1 Å². The Morgan fingerprint density at radius 2 is 1.68 bits per heavy atom. The van der Waals surface area contributed by atoms with Crippen molar-refractivity contribution in [2.24, 2.45) is 4.99 Å². The summed E-state index contributed by atoms with van der Waals surface area (Å²) in [6.07, 6.45) is 0. The minimum absolute atomic E-state index is 0.0548. The van der Waals surface area contributed by atoms with Crippen molar-refractivity contribution in [3.63, 3.8) is 0 Å². The summed E-state index contributed by atoms with van der Waals surface area (Å²) in [6, 6.07) is 13.6. The molecule has 1 aliphatic heterocycles. The first-order chi connectivity index (χ1) is 13.5. The molecule has 3 rings (SSSR count). The van der Waals surface area contributed by atoms with Crippen LogP contribution in [0, 0.1) is 0 Å². The van der Waals surface area contributed by atoms with E-state index >= 15 is 0 Å². The number of benzene rings is 2. The third-order valence-corrected chi connectivity index (χ3v) is 5.18. The van der Waals surface area contributed by atoms with Crippen molar-refractivity contribution < 1.29 is 27.4 Å². The van der Waals surface area contributed by atoms with Crippen molar-refractivity contribution in [1.82, 2.24) is 4.72 Å². The van der Waals surface area contributed by atoms with Crippen LogP contribution in [0.5, 0.6) is 11.5 Å². The first-order valence-electron chi connectivity index (χ1n) is 8.67. The van der Waals surface area contributed by atoms with Gasteiger partial charge in [-0.05, 0) is 43.3 Å². The summed E-state index contributed by atoms with van der Waals surface area (Å²) >= 11 is 0. The maximum absolute atomic E-state index is 12.0. The van der Waals surface area contributed by atoms with Crippen LogP contribution >= 0.6 is 0 Å². The maximum atomic E-state index is 12.0. The van der Waals surface area contributed by atoms with Gasteiger partial charge in [0.2, 0.25) is 0 Å². The number of sulfonamides is 1. The Hall–Kier alpha value is -3.07. The Labute approximate surface area is 163 Å². The van der Waals surface area contributed by atoms with E-state index in [2.05, 4.69) is 9.71 Å². The lowest BCUT2D eigenvalue weighted by Crippen LogP contribution is -2.23. The van der Waals surface area contributed by atoms with Crippen molar-refractivity contribution in [2.75, 3.05) is 26.4 Å². The van der Waals surface area contributed by atoms with Gasteiger partial charge in [-0.3, -0.25) is 14.5 Å². The number of aliphatic imine (C=N–C) groups is 1. The summed E-state index contributed by atoms with van der Waals surface area (Å²) in [4.78, 5) is 16.0. The van der Waals surface area contributed by atoms with Crippen LogP contribution in [0.3, 0.4) is 0 Å². The molecule has 0 saturated carbocycles. The van der Waals surface area contributed by atoms with Gasteiger partial charge in [0.25, 0.3) is 10.0 Å². The first kappa shape index (κ1) is 19.7. The molecule has 0 atom stereocenters. The number of nitrogens with one attached hydrogen (secondary N) is 1. The summed E-state index contributed by atoms with van der Waals surface area (Å²) in [6.45, 7) is 2.44. The van der Waals surface area contributed by atoms with Crippen molar-refractivity contribution in [1.29, 1.82) is 0 Å². The van der Waals surface area contributed by atoms with E-state index in [1.54, 1.807) is 42.5 Å². The van der Waals surface area contributed by atoms with E-state index in [4.69, 9.17) is 14.2 Å². The largest absolute Gasteiger partial charge is 0.494 e. The number of rotatable bonds is 8. The third-order valence-electron chi connectivity index (χ3n) is 3.78. The van der Waals surface area contributed by atoms with Crippen molar-refractivity contribution in [3.8, 4) is 11.5 Å². The Balaban J connectivity index is 1.45. The predicted molar refractivity (Wildman–Crippen MR) is 102 cm³/mol. The molecule has 0 aromatic heterocycles. The highest BCUT2D eigenvalue weighted by atomic mass is 32.2. The van der Waals surface area contributed by atoms with Crippen LogP contribution in [0.2, 0.25) is 0 Å². The molecule has 1 N–H and O–H groups in total. The van der Waals surface area contributed by atoms with Crippen LogP contribution in [0.25, 0.3) is 0 Å². The molecule has 0 fully saturated rings. The van der Waals surface area contributed by atoms with E-state index in [9.17, 15) is 13.2 Å². The molecule has 9 heteroatoms. The SMILES string of the molecule is CCOc1ccc(OCCOC(=O)CN=C2NS(=O)(=O)c3ccccc32)cc1. The highest BCUT2D eigenvalue weighted by Gasteiger charge is 2.30. The van der Waals surface area contributed by atoms with Crippen molar-refractivity contribution >= 4 is 21.8 Å². The van der Waals surface area contributed by atoms with Crippen LogP contribution in [-0.4, -0.2) is 46.6 Å². The number of amidine groups is 1. The molecule has 0 bridgehead atoms. The molecule has 0 amide bonds. The highest BCUT2D eigenvalue weighted by molar-refractivity contribution is 7.90. The maximum Gasteiger partial charge on any atom is 0.327 e. The summed E-state index contributed by atoms with van der Waals surface area (Å²) in [7, 11) is -3.62. The molecule has 2 aromatic rings. The standard InChI is InChI=1S/C19H20N2O6S/c1-2-25-14-7-9-15(10-8-14)26-11-12-27-18(22)13-20-19-16-5-3-4-6-17(16)28(23,24)21-19/h3-10H,2,11-13H2,1H3,(H,20,21). The number of carbonyl (C=O) groups excluding carboxylic acids is 1. The molecule has 1 aliphatic rings. The van der Waals surface area contributed by atoms with Crippen LogP contribution < -0.4 is 14.2 Å². The molecule has 0 unspecified atom stereocenters. The number of hydrogen-bond donors (Lipinski definition) is 1. The zero-order valence-corrected chi connectivity index (χ0v) is 16.1. The van der Waals surface area contributed by atoms with E-state index in [1.165, 1.54) is 6.07 Å². The second-order valence-corrected chi connectivity index (χ2v) is 7.39. The molecule has 1 heterocycles. The predicted octanol–water partition coefficient (Wildman–Crippen LogP) is 1.75. The van der Waals surface area contributed by atoms with Crippen molar-refractivity contribution in [2.45, 2.75) is 11.8 Å². The minimum Gasteiger partial charge on any atom is -0.494 e. The molecular weight excluding hydrogens is 384 g/mol. The van der Waals surface area contributed by atoms with Crippen LogP contribution in [0.15, 0.2) is 58.4 Å². The fourth-order valence-corrected chi connectivity index (χ4v) is 3.81. The van der Waals surface area contributed by atoms with Gasteiger partial charge in [-0.1, -0.05) is 12.1 Å². The number of nitrogens with zero attached hydrogens (tertiary/aromatic N) is 1. The average molecular weight is 404 g/mol. The number of esters is 1. The molecule has 2 aromatic carbocycles. The van der Waals surface area contributed by atoms with Crippen LogP contribution in [-0.2, 0) is 19.6 Å². The smallest absolute Gasteiger partial charge is 0.327 e. The zero-order chi connectivity index (χ0) is 20.0. The molecule has 0 saturated heterocycles. The Bertz CT molecular complexity index is 970. The summed E-state index contributed by atoms with van der Waals surface area (Å²) in [5, 5.41) is 0. The fourth-order valence-electron chi connectivity index (χ4n) is 2.55. The first-order valence-corrected chi connectivity index (χ1v) is 10.2. The Morgan fingerprint density at radius 1 is 1.00 bits per heavy atom. The fraction of sp³-hybridized carbons (Fsp3) is 0.263. The molecule has 8 nitrogen and oxygen atoms in total. The van der Waals surface area contributed by atoms with E-state index < -0.39 is 16.0 Å². The monoisotopic (exact) mass is 404 g/mol. The van der Waals surface area contributed by atoms with Gasteiger partial charge in [0.1, 0.15) is 37.1 Å². The number of carbonyl (C=O) groups is 1. The van der Waals surface area contributed by atoms with E-state index in [1.807, 2.05) is 6.92 Å². The van der Waals surface area contributed by atoms with Gasteiger partial charge >= 0.3 is 5.97 Å². The molecule has 0 spiro atoms. The lowest BCUT2D eigenvalue weighted by Gasteiger charge is -2.08. The Kier molecular flexibility index (Phi) is 6.15. The molecule has 0 radical (unpaired) electrons. The number of hydrogen-bond acceptors (Lipinski definition) is 7. The summed E-state index contributed by atoms with van der Waals surface area (Å²) < 4.78 is 42.2. The van der Waals surface area contributed by atoms with Gasteiger partial charge in [-0.2, -0.15) is 0 Å². The molecule has 148 valence electrons. The minimum atomic E-state index is -3.62. The van der Waals surface area contributed by atoms with Gasteiger partial charge in [0, 0.05) is 5.56 Å². The highest BCUT2D eigenvalue weighted by Crippen LogP contribution is 2.22. The van der Waals surface area contributed by atoms with Gasteiger partial charge in [0.15, 0.2) is 0 Å². The number of fused-ring (bicyclic) bond motifs is 1. The third kappa shape index (κ3) is 4.80. The van der Waals surface area contributed by atoms with E-state index in [-0.39, 0.29) is 30.5 Å². The quantitative estimate of drug-likeness (QED) is 0.531. The lowest BCUT2D eigenvalue weighted by atomic mass is 10.2. The molecule has 0 aliphatic carbocycles. The van der Waals surface area contributed by atoms with Crippen LogP contribution in [0.1, 0.15) is 12.5 Å². The second-order valence-electron chi connectivity index (χ2n) is 5.74. The average Bonchev–Trinajstić information content (AvgIpc) is 2.96. The van der Waals surface area contributed by atoms with Gasteiger partial charge < -0.3 is 14.2 Å². The molecule has 28 heavy (non-hydrogen) atoms. The van der Waals surface area contributed by atoms with Gasteiger partial charge in [-0.25, -0.2) is 8.42 Å². The Morgan fingerprint density at radius 3 is 2.39 bits per heavy atom. The zero-order valence-electron chi connectivity index (χ0n) is 15.3.